The van der Waals surface area contributed by atoms with Gasteiger partial charge in [-0.25, -0.2) is 0 Å². The molecule has 1 N–H and O–H groups in total. The van der Waals surface area contributed by atoms with Gasteiger partial charge < -0.3 is 5.11 Å². The fourth-order valence-corrected chi connectivity index (χ4v) is 3.60. The van der Waals surface area contributed by atoms with Crippen molar-refractivity contribution in [3.63, 3.8) is 0 Å². The molecule has 0 aromatic carbocycles. The van der Waals surface area contributed by atoms with Gasteiger partial charge in [0.05, 0.1) is 6.10 Å². The number of aliphatic hydroxyl groups excluding tert-OH is 1. The summed E-state index contributed by atoms with van der Waals surface area (Å²) in [7, 11) is 0. The van der Waals surface area contributed by atoms with Gasteiger partial charge in [0.25, 0.3) is 0 Å². The molecule has 0 amide bonds. The Labute approximate surface area is 72.0 Å². The van der Waals surface area contributed by atoms with Gasteiger partial charge in [-0.1, -0.05) is 0 Å². The Balaban J connectivity index is 1.98. The highest BCUT2D eigenvalue weighted by atomic mass is 16.3. The van der Waals surface area contributed by atoms with Crippen LogP contribution in [0.25, 0.3) is 0 Å². The van der Waals surface area contributed by atoms with Crippen LogP contribution in [0.1, 0.15) is 25.7 Å². The Hall–Kier alpha value is -0.370. The standard InChI is InChI=1S/C10H14O2/c11-9-6-1-5-2-7(4-6)10(12)8(9)3-5/h5-9,11H,1-4H2/t5-,6+,7-,8+,9?/m0/s1. The lowest BCUT2D eigenvalue weighted by atomic mass is 9.54. The van der Waals surface area contributed by atoms with E-state index >= 15 is 0 Å². The second-order valence-electron chi connectivity index (χ2n) is 4.77. The van der Waals surface area contributed by atoms with Crippen molar-refractivity contribution < 1.29 is 9.90 Å². The molecule has 4 bridgehead atoms. The lowest BCUT2D eigenvalue weighted by Crippen LogP contribution is -2.53. The average molecular weight is 166 g/mol. The monoisotopic (exact) mass is 166 g/mol. The fraction of sp³-hybridized carbons (Fsp3) is 0.900. The van der Waals surface area contributed by atoms with Gasteiger partial charge >= 0.3 is 0 Å². The van der Waals surface area contributed by atoms with Gasteiger partial charge in [0, 0.05) is 11.8 Å². The molecular weight excluding hydrogens is 152 g/mol. The molecule has 4 aliphatic rings. The molecule has 0 spiro atoms. The van der Waals surface area contributed by atoms with Crippen molar-refractivity contribution in [1.29, 1.82) is 0 Å². The van der Waals surface area contributed by atoms with Crippen LogP contribution in [0.4, 0.5) is 0 Å². The van der Waals surface area contributed by atoms with Crippen LogP contribution in [0, 0.1) is 23.7 Å². The third-order valence-electron chi connectivity index (χ3n) is 4.09. The zero-order valence-electron chi connectivity index (χ0n) is 7.07. The number of aliphatic hydroxyl groups is 1. The Morgan fingerprint density at radius 3 is 2.83 bits per heavy atom. The van der Waals surface area contributed by atoms with Crippen molar-refractivity contribution >= 4 is 5.78 Å². The van der Waals surface area contributed by atoms with Gasteiger partial charge in [-0.2, -0.15) is 0 Å². The lowest BCUT2D eigenvalue weighted by molar-refractivity contribution is -0.154. The largest absolute Gasteiger partial charge is 0.392 e. The summed E-state index contributed by atoms with van der Waals surface area (Å²) in [4.78, 5) is 11.6. The molecule has 5 atom stereocenters. The Morgan fingerprint density at radius 1 is 1.17 bits per heavy atom. The SMILES string of the molecule is O=C1[C@H]2C[C@@H]3C[C@H](C2)C(O)[C@H]1C3. The second kappa shape index (κ2) is 2.11. The van der Waals surface area contributed by atoms with E-state index in [9.17, 15) is 9.90 Å². The van der Waals surface area contributed by atoms with Crippen LogP contribution in [0.2, 0.25) is 0 Å². The number of carbonyl (C=O) groups excluding carboxylic acids is 1. The van der Waals surface area contributed by atoms with Crippen molar-refractivity contribution in [2.75, 3.05) is 0 Å². The van der Waals surface area contributed by atoms with E-state index in [1.165, 1.54) is 6.42 Å². The number of rotatable bonds is 0. The number of hydrogen-bond donors (Lipinski definition) is 1. The summed E-state index contributed by atoms with van der Waals surface area (Å²) in [5.74, 6) is 1.96. The minimum Gasteiger partial charge on any atom is -0.392 e. The van der Waals surface area contributed by atoms with Gasteiger partial charge in [0.2, 0.25) is 0 Å². The Bertz CT molecular complexity index is 236. The van der Waals surface area contributed by atoms with Crippen LogP contribution >= 0.6 is 0 Å². The molecule has 1 unspecified atom stereocenters. The van der Waals surface area contributed by atoms with E-state index in [1.54, 1.807) is 0 Å². The van der Waals surface area contributed by atoms with Crippen molar-refractivity contribution in [3.05, 3.63) is 0 Å². The van der Waals surface area contributed by atoms with Gasteiger partial charge in [-0.05, 0) is 37.5 Å². The summed E-state index contributed by atoms with van der Waals surface area (Å²) >= 11 is 0. The predicted molar refractivity (Wildman–Crippen MR) is 43.4 cm³/mol. The first-order valence-electron chi connectivity index (χ1n) is 4.97. The van der Waals surface area contributed by atoms with E-state index in [2.05, 4.69) is 0 Å². The molecule has 0 aromatic heterocycles. The van der Waals surface area contributed by atoms with Crippen LogP contribution in [0.15, 0.2) is 0 Å². The topological polar surface area (TPSA) is 37.3 Å². The van der Waals surface area contributed by atoms with Crippen molar-refractivity contribution in [2.45, 2.75) is 31.8 Å². The summed E-state index contributed by atoms with van der Waals surface area (Å²) in [6.45, 7) is 0. The van der Waals surface area contributed by atoms with E-state index in [0.717, 1.165) is 25.2 Å². The van der Waals surface area contributed by atoms with Crippen LogP contribution < -0.4 is 0 Å². The Kier molecular flexibility index (Phi) is 1.24. The fourth-order valence-electron chi connectivity index (χ4n) is 3.60. The molecule has 2 heteroatoms. The number of ketones is 1. The molecule has 4 fully saturated rings. The maximum absolute atomic E-state index is 11.6. The first-order valence-corrected chi connectivity index (χ1v) is 4.97. The van der Waals surface area contributed by atoms with Crippen molar-refractivity contribution in [1.82, 2.24) is 0 Å². The van der Waals surface area contributed by atoms with Gasteiger partial charge in [0.1, 0.15) is 5.78 Å². The minimum absolute atomic E-state index is 0.0289. The molecular formula is C10H14O2. The number of carbonyl (C=O) groups is 1. The van der Waals surface area contributed by atoms with Crippen molar-refractivity contribution in [3.8, 4) is 0 Å². The van der Waals surface area contributed by atoms with E-state index in [4.69, 9.17) is 0 Å². The zero-order valence-corrected chi connectivity index (χ0v) is 7.07. The second-order valence-corrected chi connectivity index (χ2v) is 4.77. The molecule has 4 rings (SSSR count). The van der Waals surface area contributed by atoms with E-state index in [1.807, 2.05) is 0 Å². The molecule has 0 radical (unpaired) electrons. The van der Waals surface area contributed by atoms with Gasteiger partial charge in [-0.3, -0.25) is 4.79 Å². The quantitative estimate of drug-likeness (QED) is 0.582. The van der Waals surface area contributed by atoms with Crippen LogP contribution in [0.3, 0.4) is 0 Å². The third kappa shape index (κ3) is 0.717. The summed E-state index contributed by atoms with van der Waals surface area (Å²) < 4.78 is 0. The highest BCUT2D eigenvalue weighted by molar-refractivity contribution is 5.86. The highest BCUT2D eigenvalue weighted by Crippen LogP contribution is 2.51. The minimum atomic E-state index is -0.287. The summed E-state index contributed by atoms with van der Waals surface area (Å²) in [5.41, 5.74) is 0. The molecule has 0 saturated heterocycles. The van der Waals surface area contributed by atoms with Gasteiger partial charge in [0.15, 0.2) is 0 Å². The predicted octanol–water partition coefficient (Wildman–Crippen LogP) is 0.982. The molecule has 66 valence electrons. The summed E-state index contributed by atoms with van der Waals surface area (Å²) in [5, 5.41) is 9.78. The molecule has 12 heavy (non-hydrogen) atoms. The Morgan fingerprint density at radius 2 is 2.00 bits per heavy atom. The average Bonchev–Trinajstić information content (AvgIpc) is 2.07. The van der Waals surface area contributed by atoms with Gasteiger partial charge in [-0.15, -0.1) is 0 Å². The van der Waals surface area contributed by atoms with Crippen LogP contribution in [-0.4, -0.2) is 17.0 Å². The molecule has 0 aromatic rings. The van der Waals surface area contributed by atoms with Crippen LogP contribution in [0.5, 0.6) is 0 Å². The van der Waals surface area contributed by atoms with E-state index in [-0.39, 0.29) is 12.0 Å². The molecule has 2 nitrogen and oxygen atoms in total. The molecule has 0 aliphatic heterocycles. The molecule has 4 saturated carbocycles. The van der Waals surface area contributed by atoms with E-state index < -0.39 is 0 Å². The maximum Gasteiger partial charge on any atom is 0.141 e. The summed E-state index contributed by atoms with van der Waals surface area (Å²) in [6, 6.07) is 0. The molecule has 4 aliphatic carbocycles. The third-order valence-corrected chi connectivity index (χ3v) is 4.09. The van der Waals surface area contributed by atoms with Crippen molar-refractivity contribution in [2.24, 2.45) is 23.7 Å². The zero-order chi connectivity index (χ0) is 8.29. The normalized spacial score (nSPS) is 56.4. The maximum atomic E-state index is 11.6. The van der Waals surface area contributed by atoms with Crippen LogP contribution in [-0.2, 0) is 4.79 Å². The number of Topliss-reactive ketones (excluding diaryl/α,β-unsaturated/α-hetero) is 1. The first-order chi connectivity index (χ1) is 5.75. The lowest BCUT2D eigenvalue weighted by Gasteiger charge is -2.51. The highest BCUT2D eigenvalue weighted by Gasteiger charge is 2.52. The number of hydrogen-bond acceptors (Lipinski definition) is 2. The summed E-state index contributed by atoms with van der Waals surface area (Å²) in [6.07, 6.45) is 3.98. The smallest absolute Gasteiger partial charge is 0.141 e. The molecule has 0 heterocycles. The van der Waals surface area contributed by atoms with E-state index in [0.29, 0.717) is 17.6 Å². The first kappa shape index (κ1) is 7.07.